The van der Waals surface area contributed by atoms with Crippen molar-refractivity contribution in [2.45, 2.75) is 26.4 Å². The number of rotatable bonds is 2. The van der Waals surface area contributed by atoms with Gasteiger partial charge in [0.2, 0.25) is 0 Å². The Morgan fingerprint density at radius 2 is 2.15 bits per heavy atom. The summed E-state index contributed by atoms with van der Waals surface area (Å²) in [5.41, 5.74) is 1.11. The molecule has 72 valence electrons. The van der Waals surface area contributed by atoms with Crippen molar-refractivity contribution in [3.63, 3.8) is 0 Å². The summed E-state index contributed by atoms with van der Waals surface area (Å²) < 4.78 is 13.0. The van der Waals surface area contributed by atoms with Gasteiger partial charge in [0.15, 0.2) is 0 Å². The molecule has 0 aliphatic heterocycles. The Balaban J connectivity index is 3.15. The number of halogens is 2. The van der Waals surface area contributed by atoms with Crippen molar-refractivity contribution in [3.8, 4) is 0 Å². The molecule has 1 atom stereocenters. The van der Waals surface area contributed by atoms with E-state index in [9.17, 15) is 9.50 Å². The first-order chi connectivity index (χ1) is 6.06. The van der Waals surface area contributed by atoms with Crippen LogP contribution in [0.1, 0.15) is 30.6 Å². The Bertz CT molecular complexity index is 312. The van der Waals surface area contributed by atoms with Gasteiger partial charge in [0, 0.05) is 5.02 Å². The van der Waals surface area contributed by atoms with Crippen molar-refractivity contribution in [2.75, 3.05) is 0 Å². The number of hydrogen-bond acceptors (Lipinski definition) is 1. The highest BCUT2D eigenvalue weighted by atomic mass is 35.5. The fourth-order valence-electron chi connectivity index (χ4n) is 1.15. The van der Waals surface area contributed by atoms with Gasteiger partial charge in [-0.2, -0.15) is 0 Å². The Labute approximate surface area is 82.2 Å². The van der Waals surface area contributed by atoms with Gasteiger partial charge in [-0.3, -0.25) is 0 Å². The molecular formula is C10H12ClFO. The Kier molecular flexibility index (Phi) is 3.28. The third-order valence-electron chi connectivity index (χ3n) is 2.02. The van der Waals surface area contributed by atoms with Gasteiger partial charge in [-0.1, -0.05) is 18.5 Å². The quantitative estimate of drug-likeness (QED) is 0.781. The Hall–Kier alpha value is -0.600. The van der Waals surface area contributed by atoms with Crippen LogP contribution in [0.15, 0.2) is 12.1 Å². The lowest BCUT2D eigenvalue weighted by Crippen LogP contribution is -1.98. The lowest BCUT2D eigenvalue weighted by molar-refractivity contribution is 0.173. The zero-order chi connectivity index (χ0) is 10.0. The zero-order valence-corrected chi connectivity index (χ0v) is 8.40. The molecule has 1 aromatic rings. The second kappa shape index (κ2) is 4.07. The molecule has 0 saturated heterocycles. The maximum atomic E-state index is 13.0. The molecule has 0 amide bonds. The minimum Gasteiger partial charge on any atom is -0.388 e. The summed E-state index contributed by atoms with van der Waals surface area (Å²) in [7, 11) is 0. The summed E-state index contributed by atoms with van der Waals surface area (Å²) in [4.78, 5) is 0. The van der Waals surface area contributed by atoms with E-state index in [1.165, 1.54) is 6.07 Å². The number of benzene rings is 1. The van der Waals surface area contributed by atoms with Crippen LogP contribution in [0.25, 0.3) is 0 Å². The molecule has 0 radical (unpaired) electrons. The molecule has 13 heavy (non-hydrogen) atoms. The summed E-state index contributed by atoms with van der Waals surface area (Å²) in [6, 6.07) is 2.83. The molecule has 0 aromatic heterocycles. The first-order valence-electron chi connectivity index (χ1n) is 4.19. The second-order valence-corrected chi connectivity index (χ2v) is 3.45. The van der Waals surface area contributed by atoms with Crippen LogP contribution >= 0.6 is 11.6 Å². The average molecular weight is 203 g/mol. The predicted molar refractivity (Wildman–Crippen MR) is 51.4 cm³/mol. The molecule has 0 aliphatic rings. The van der Waals surface area contributed by atoms with Gasteiger partial charge in [0.05, 0.1) is 6.10 Å². The molecular weight excluding hydrogens is 191 g/mol. The predicted octanol–water partition coefficient (Wildman–Crippen LogP) is 3.23. The number of aryl methyl sites for hydroxylation is 1. The minimum atomic E-state index is -0.605. The van der Waals surface area contributed by atoms with E-state index in [4.69, 9.17) is 11.6 Å². The fourth-order valence-corrected chi connectivity index (χ4v) is 1.43. The largest absolute Gasteiger partial charge is 0.388 e. The van der Waals surface area contributed by atoms with Gasteiger partial charge in [-0.15, -0.1) is 0 Å². The van der Waals surface area contributed by atoms with Crippen molar-refractivity contribution in [1.82, 2.24) is 0 Å². The SMILES string of the molecule is CC[C@@H](O)c1cc(C)c(F)cc1Cl. The maximum absolute atomic E-state index is 13.0. The molecule has 0 spiro atoms. The van der Waals surface area contributed by atoms with Gasteiger partial charge in [0.25, 0.3) is 0 Å². The van der Waals surface area contributed by atoms with E-state index in [1.54, 1.807) is 13.0 Å². The highest BCUT2D eigenvalue weighted by Crippen LogP contribution is 2.27. The van der Waals surface area contributed by atoms with Crippen molar-refractivity contribution >= 4 is 11.6 Å². The van der Waals surface area contributed by atoms with Crippen molar-refractivity contribution in [3.05, 3.63) is 34.1 Å². The summed E-state index contributed by atoms with van der Waals surface area (Å²) in [6.07, 6.45) is -0.0306. The lowest BCUT2D eigenvalue weighted by atomic mass is 10.0. The summed E-state index contributed by atoms with van der Waals surface area (Å²) >= 11 is 5.78. The minimum absolute atomic E-state index is 0.289. The molecule has 0 fully saturated rings. The summed E-state index contributed by atoms with van der Waals surface area (Å²) in [5.74, 6) is -0.336. The van der Waals surface area contributed by atoms with Gasteiger partial charge < -0.3 is 5.11 Å². The molecule has 3 heteroatoms. The van der Waals surface area contributed by atoms with Crippen LogP contribution in [-0.2, 0) is 0 Å². The summed E-state index contributed by atoms with van der Waals surface area (Å²) in [6.45, 7) is 3.50. The van der Waals surface area contributed by atoms with Crippen molar-refractivity contribution in [2.24, 2.45) is 0 Å². The van der Waals surface area contributed by atoms with Crippen LogP contribution in [0.5, 0.6) is 0 Å². The van der Waals surface area contributed by atoms with E-state index in [1.807, 2.05) is 6.92 Å². The third kappa shape index (κ3) is 2.20. The maximum Gasteiger partial charge on any atom is 0.127 e. The van der Waals surface area contributed by atoms with Gasteiger partial charge in [-0.05, 0) is 36.6 Å². The molecule has 1 rings (SSSR count). The molecule has 1 aromatic carbocycles. The van der Waals surface area contributed by atoms with E-state index in [2.05, 4.69) is 0 Å². The molecule has 0 aliphatic carbocycles. The van der Waals surface area contributed by atoms with Crippen LogP contribution < -0.4 is 0 Å². The van der Waals surface area contributed by atoms with Crippen LogP contribution in [-0.4, -0.2) is 5.11 Å². The first-order valence-corrected chi connectivity index (χ1v) is 4.57. The standard InChI is InChI=1S/C10H12ClFO/c1-3-10(13)7-4-6(2)9(12)5-8(7)11/h4-5,10,13H,3H2,1-2H3/t10-/m1/s1. The van der Waals surface area contributed by atoms with Crippen LogP contribution in [0, 0.1) is 12.7 Å². The molecule has 0 unspecified atom stereocenters. The Morgan fingerprint density at radius 3 is 2.69 bits per heavy atom. The molecule has 0 saturated carbocycles. The molecule has 1 nitrogen and oxygen atoms in total. The van der Waals surface area contributed by atoms with Crippen molar-refractivity contribution < 1.29 is 9.50 Å². The number of aliphatic hydroxyl groups excluding tert-OH is 1. The van der Waals surface area contributed by atoms with Gasteiger partial charge >= 0.3 is 0 Å². The fraction of sp³-hybridized carbons (Fsp3) is 0.400. The van der Waals surface area contributed by atoms with E-state index in [0.29, 0.717) is 17.5 Å². The topological polar surface area (TPSA) is 20.2 Å². The smallest absolute Gasteiger partial charge is 0.127 e. The van der Waals surface area contributed by atoms with Gasteiger partial charge in [0.1, 0.15) is 5.82 Å². The first kappa shape index (κ1) is 10.5. The summed E-state index contributed by atoms with van der Waals surface area (Å²) in [5, 5.41) is 9.81. The zero-order valence-electron chi connectivity index (χ0n) is 7.64. The van der Waals surface area contributed by atoms with E-state index in [0.717, 1.165) is 0 Å². The van der Waals surface area contributed by atoms with E-state index < -0.39 is 6.10 Å². The van der Waals surface area contributed by atoms with Gasteiger partial charge in [-0.25, -0.2) is 4.39 Å². The van der Waals surface area contributed by atoms with E-state index in [-0.39, 0.29) is 10.8 Å². The van der Waals surface area contributed by atoms with Crippen LogP contribution in [0.2, 0.25) is 5.02 Å². The van der Waals surface area contributed by atoms with Crippen molar-refractivity contribution in [1.29, 1.82) is 0 Å². The second-order valence-electron chi connectivity index (χ2n) is 3.05. The average Bonchev–Trinajstić information content (AvgIpc) is 2.10. The molecule has 1 N–H and O–H groups in total. The number of hydrogen-bond donors (Lipinski definition) is 1. The number of aliphatic hydroxyl groups is 1. The normalized spacial score (nSPS) is 13.0. The highest BCUT2D eigenvalue weighted by Gasteiger charge is 2.11. The molecule has 0 heterocycles. The third-order valence-corrected chi connectivity index (χ3v) is 2.35. The monoisotopic (exact) mass is 202 g/mol. The Morgan fingerprint density at radius 1 is 1.54 bits per heavy atom. The highest BCUT2D eigenvalue weighted by molar-refractivity contribution is 6.31. The lowest BCUT2D eigenvalue weighted by Gasteiger charge is -2.11. The van der Waals surface area contributed by atoms with Crippen LogP contribution in [0.3, 0.4) is 0 Å². The van der Waals surface area contributed by atoms with Crippen LogP contribution in [0.4, 0.5) is 4.39 Å². The molecule has 0 bridgehead atoms. The van der Waals surface area contributed by atoms with E-state index >= 15 is 0 Å².